The van der Waals surface area contributed by atoms with E-state index in [-0.39, 0.29) is 5.78 Å². The van der Waals surface area contributed by atoms with Crippen molar-refractivity contribution in [1.82, 2.24) is 0 Å². The molecule has 0 saturated heterocycles. The smallest absolute Gasteiger partial charge is 0.173 e. The van der Waals surface area contributed by atoms with Crippen LogP contribution in [0, 0.1) is 6.92 Å². The molecule has 0 aliphatic rings. The van der Waals surface area contributed by atoms with Crippen molar-refractivity contribution in [1.29, 1.82) is 0 Å². The summed E-state index contributed by atoms with van der Waals surface area (Å²) in [5.41, 5.74) is 3.31. The fourth-order valence-electron chi connectivity index (χ4n) is 1.34. The molecule has 70 valence electrons. The third kappa shape index (κ3) is 2.41. The summed E-state index contributed by atoms with van der Waals surface area (Å²) in [6.45, 7) is 4.16. The van der Waals surface area contributed by atoms with Gasteiger partial charge in [0, 0.05) is 5.56 Å². The normalized spacial score (nSPS) is 10.1. The monoisotopic (exact) mass is 240 g/mol. The number of hydrogen-bond acceptors (Lipinski definition) is 1. The van der Waals surface area contributed by atoms with Crippen LogP contribution in [0.4, 0.5) is 0 Å². The Morgan fingerprint density at radius 2 is 2.15 bits per heavy atom. The standard InChI is InChI=1S/C11H13BrO/c1-3-9-4-5-10(6-8(9)2)11(13)7-12/h4-6H,3,7H2,1-2H3. The number of hydrogen-bond donors (Lipinski definition) is 0. The van der Waals surface area contributed by atoms with Crippen LogP contribution in [0.25, 0.3) is 0 Å². The van der Waals surface area contributed by atoms with Gasteiger partial charge in [-0.05, 0) is 30.5 Å². The molecular formula is C11H13BrO. The van der Waals surface area contributed by atoms with Gasteiger partial charge in [0.2, 0.25) is 0 Å². The highest BCUT2D eigenvalue weighted by Gasteiger charge is 2.04. The Bertz CT molecular complexity index is 318. The first-order chi connectivity index (χ1) is 6.19. The number of halogens is 1. The SMILES string of the molecule is CCc1ccc(C(=O)CBr)cc1C. The minimum Gasteiger partial charge on any atom is -0.293 e. The lowest BCUT2D eigenvalue weighted by molar-refractivity contribution is 0.102. The van der Waals surface area contributed by atoms with Crippen LogP contribution in [0.5, 0.6) is 0 Å². The van der Waals surface area contributed by atoms with E-state index in [1.165, 1.54) is 11.1 Å². The first-order valence-corrected chi connectivity index (χ1v) is 5.50. The molecule has 0 aliphatic heterocycles. The third-order valence-electron chi connectivity index (χ3n) is 2.17. The largest absolute Gasteiger partial charge is 0.293 e. The van der Waals surface area contributed by atoms with Crippen LogP contribution in [0.1, 0.15) is 28.4 Å². The maximum atomic E-state index is 11.3. The second-order valence-electron chi connectivity index (χ2n) is 3.05. The topological polar surface area (TPSA) is 17.1 Å². The number of aryl methyl sites for hydroxylation is 2. The predicted octanol–water partition coefficient (Wildman–Crippen LogP) is 3.14. The van der Waals surface area contributed by atoms with Crippen LogP contribution in [0.2, 0.25) is 0 Å². The van der Waals surface area contributed by atoms with E-state index < -0.39 is 0 Å². The van der Waals surface area contributed by atoms with Gasteiger partial charge < -0.3 is 0 Å². The Labute approximate surface area is 87.3 Å². The van der Waals surface area contributed by atoms with E-state index in [0.29, 0.717) is 5.33 Å². The second-order valence-corrected chi connectivity index (χ2v) is 3.61. The quantitative estimate of drug-likeness (QED) is 0.587. The molecule has 0 bridgehead atoms. The van der Waals surface area contributed by atoms with Crippen LogP contribution in [0.15, 0.2) is 18.2 Å². The Morgan fingerprint density at radius 3 is 2.62 bits per heavy atom. The van der Waals surface area contributed by atoms with E-state index >= 15 is 0 Å². The molecule has 0 aromatic heterocycles. The highest BCUT2D eigenvalue weighted by molar-refractivity contribution is 9.09. The molecule has 1 rings (SSSR count). The number of Topliss-reactive ketones (excluding diaryl/α,β-unsaturated/α-hetero) is 1. The molecule has 1 nitrogen and oxygen atoms in total. The van der Waals surface area contributed by atoms with Crippen molar-refractivity contribution in [2.75, 3.05) is 5.33 Å². The van der Waals surface area contributed by atoms with Gasteiger partial charge in [0.1, 0.15) is 0 Å². The van der Waals surface area contributed by atoms with Gasteiger partial charge >= 0.3 is 0 Å². The zero-order valence-corrected chi connectivity index (χ0v) is 9.52. The lowest BCUT2D eigenvalue weighted by Crippen LogP contribution is -2.01. The van der Waals surface area contributed by atoms with E-state index in [1.54, 1.807) is 0 Å². The molecule has 2 heteroatoms. The van der Waals surface area contributed by atoms with Crippen LogP contribution >= 0.6 is 15.9 Å². The fourth-order valence-corrected chi connectivity index (χ4v) is 1.67. The summed E-state index contributed by atoms with van der Waals surface area (Å²) in [5.74, 6) is 0.144. The van der Waals surface area contributed by atoms with E-state index in [9.17, 15) is 4.79 Å². The van der Waals surface area contributed by atoms with Crippen molar-refractivity contribution >= 4 is 21.7 Å². The van der Waals surface area contributed by atoms with Gasteiger partial charge in [-0.3, -0.25) is 4.79 Å². The summed E-state index contributed by atoms with van der Waals surface area (Å²) in [4.78, 5) is 11.3. The Balaban J connectivity index is 3.02. The zero-order chi connectivity index (χ0) is 9.84. The maximum absolute atomic E-state index is 11.3. The number of rotatable bonds is 3. The zero-order valence-electron chi connectivity index (χ0n) is 7.93. The summed E-state index contributed by atoms with van der Waals surface area (Å²) < 4.78 is 0. The summed E-state index contributed by atoms with van der Waals surface area (Å²) in [7, 11) is 0. The molecular weight excluding hydrogens is 228 g/mol. The van der Waals surface area contributed by atoms with Gasteiger partial charge in [-0.2, -0.15) is 0 Å². The van der Waals surface area contributed by atoms with Gasteiger partial charge in [-0.25, -0.2) is 0 Å². The second kappa shape index (κ2) is 4.56. The van der Waals surface area contributed by atoms with Gasteiger partial charge in [0.15, 0.2) is 5.78 Å². The Kier molecular flexibility index (Phi) is 3.67. The van der Waals surface area contributed by atoms with Crippen LogP contribution in [-0.4, -0.2) is 11.1 Å². The summed E-state index contributed by atoms with van der Waals surface area (Å²) in [5, 5.41) is 0.401. The van der Waals surface area contributed by atoms with Gasteiger partial charge in [-0.15, -0.1) is 0 Å². The van der Waals surface area contributed by atoms with E-state index in [2.05, 4.69) is 22.9 Å². The molecule has 1 aromatic rings. The molecule has 0 saturated carbocycles. The average molecular weight is 241 g/mol. The summed E-state index contributed by atoms with van der Waals surface area (Å²) in [6, 6.07) is 5.89. The maximum Gasteiger partial charge on any atom is 0.173 e. The number of carbonyl (C=O) groups is 1. The lowest BCUT2D eigenvalue weighted by Gasteiger charge is -2.04. The molecule has 0 heterocycles. The highest BCUT2D eigenvalue weighted by Crippen LogP contribution is 2.12. The van der Waals surface area contributed by atoms with Gasteiger partial charge in [0.25, 0.3) is 0 Å². The van der Waals surface area contributed by atoms with Crippen molar-refractivity contribution in [3.63, 3.8) is 0 Å². The number of carbonyl (C=O) groups excluding carboxylic acids is 1. The third-order valence-corrected chi connectivity index (χ3v) is 2.68. The van der Waals surface area contributed by atoms with Gasteiger partial charge in [0.05, 0.1) is 5.33 Å². The van der Waals surface area contributed by atoms with Gasteiger partial charge in [-0.1, -0.05) is 35.0 Å². The molecule has 0 aliphatic carbocycles. The molecule has 0 radical (unpaired) electrons. The molecule has 0 fully saturated rings. The van der Waals surface area contributed by atoms with Crippen LogP contribution in [-0.2, 0) is 6.42 Å². The fraction of sp³-hybridized carbons (Fsp3) is 0.364. The van der Waals surface area contributed by atoms with Crippen molar-refractivity contribution < 1.29 is 4.79 Å². The van der Waals surface area contributed by atoms with E-state index in [0.717, 1.165) is 12.0 Å². The van der Waals surface area contributed by atoms with E-state index in [4.69, 9.17) is 0 Å². The molecule has 0 unspecified atom stereocenters. The summed E-state index contributed by atoms with van der Waals surface area (Å²) >= 11 is 3.16. The Morgan fingerprint density at radius 1 is 1.46 bits per heavy atom. The predicted molar refractivity (Wildman–Crippen MR) is 58.7 cm³/mol. The highest BCUT2D eigenvalue weighted by atomic mass is 79.9. The molecule has 0 spiro atoms. The summed E-state index contributed by atoms with van der Waals surface area (Å²) in [6.07, 6.45) is 1.02. The first kappa shape index (κ1) is 10.5. The van der Waals surface area contributed by atoms with Crippen molar-refractivity contribution in [2.45, 2.75) is 20.3 Å². The first-order valence-electron chi connectivity index (χ1n) is 4.37. The molecule has 0 N–H and O–H groups in total. The van der Waals surface area contributed by atoms with Crippen LogP contribution < -0.4 is 0 Å². The Hall–Kier alpha value is -0.630. The molecule has 0 atom stereocenters. The van der Waals surface area contributed by atoms with Crippen molar-refractivity contribution in [3.8, 4) is 0 Å². The van der Waals surface area contributed by atoms with Crippen molar-refractivity contribution in [2.24, 2.45) is 0 Å². The van der Waals surface area contributed by atoms with E-state index in [1.807, 2.05) is 25.1 Å². The molecule has 0 amide bonds. The minimum atomic E-state index is 0.144. The average Bonchev–Trinajstić information content (AvgIpc) is 2.16. The number of alkyl halides is 1. The molecule has 13 heavy (non-hydrogen) atoms. The minimum absolute atomic E-state index is 0.144. The lowest BCUT2D eigenvalue weighted by atomic mass is 10.0. The number of benzene rings is 1. The van der Waals surface area contributed by atoms with Crippen molar-refractivity contribution in [3.05, 3.63) is 34.9 Å². The number of ketones is 1. The van der Waals surface area contributed by atoms with Crippen LogP contribution in [0.3, 0.4) is 0 Å². The molecule has 1 aromatic carbocycles.